The van der Waals surface area contributed by atoms with Gasteiger partial charge in [-0.25, -0.2) is 0 Å². The lowest BCUT2D eigenvalue weighted by molar-refractivity contribution is -0.130. The van der Waals surface area contributed by atoms with Crippen molar-refractivity contribution >= 4 is 5.91 Å². The number of ether oxygens (including phenoxy) is 1. The van der Waals surface area contributed by atoms with Crippen molar-refractivity contribution in [3.8, 4) is 0 Å². The zero-order valence-electron chi connectivity index (χ0n) is 11.0. The summed E-state index contributed by atoms with van der Waals surface area (Å²) in [4.78, 5) is 13.8. The van der Waals surface area contributed by atoms with Crippen LogP contribution in [0.15, 0.2) is 30.3 Å². The fraction of sp³-hybridized carbons (Fsp3) is 0.533. The molecule has 0 bridgehead atoms. The molecule has 0 aliphatic carbocycles. The molecule has 1 heterocycles. The Kier molecular flexibility index (Phi) is 4.76. The third kappa shape index (κ3) is 3.84. The number of benzene rings is 1. The third-order valence-corrected chi connectivity index (χ3v) is 3.45. The van der Waals surface area contributed by atoms with E-state index in [0.717, 1.165) is 32.6 Å². The van der Waals surface area contributed by atoms with Gasteiger partial charge in [0.05, 0.1) is 6.61 Å². The predicted molar refractivity (Wildman–Crippen MR) is 71.3 cm³/mol. The smallest absolute Gasteiger partial charge is 0.222 e. The van der Waals surface area contributed by atoms with E-state index in [1.807, 2.05) is 30.1 Å². The molecule has 3 nitrogen and oxygen atoms in total. The van der Waals surface area contributed by atoms with Crippen LogP contribution in [0.5, 0.6) is 0 Å². The summed E-state index contributed by atoms with van der Waals surface area (Å²) in [6, 6.07) is 10.2. The highest BCUT2D eigenvalue weighted by Gasteiger charge is 2.19. The predicted octanol–water partition coefficient (Wildman–Crippen LogP) is 2.11. The van der Waals surface area contributed by atoms with Crippen molar-refractivity contribution in [3.63, 3.8) is 0 Å². The first kappa shape index (κ1) is 13.1. The molecule has 1 aromatic carbocycles. The van der Waals surface area contributed by atoms with Crippen LogP contribution in [0.1, 0.15) is 18.4 Å². The highest BCUT2D eigenvalue weighted by molar-refractivity contribution is 5.76. The Balaban J connectivity index is 1.73. The van der Waals surface area contributed by atoms with Gasteiger partial charge in [0.1, 0.15) is 0 Å². The van der Waals surface area contributed by atoms with E-state index in [4.69, 9.17) is 4.74 Å². The van der Waals surface area contributed by atoms with Crippen LogP contribution < -0.4 is 0 Å². The second-order valence-electron chi connectivity index (χ2n) is 4.99. The number of amides is 1. The van der Waals surface area contributed by atoms with Crippen molar-refractivity contribution in [2.45, 2.75) is 19.3 Å². The Morgan fingerprint density at radius 3 is 2.83 bits per heavy atom. The molecular weight excluding hydrogens is 226 g/mol. The molecule has 98 valence electrons. The molecular formula is C15H21NO2. The summed E-state index contributed by atoms with van der Waals surface area (Å²) >= 11 is 0. The largest absolute Gasteiger partial charge is 0.381 e. The van der Waals surface area contributed by atoms with E-state index >= 15 is 0 Å². The molecule has 18 heavy (non-hydrogen) atoms. The van der Waals surface area contributed by atoms with Crippen LogP contribution in [0.4, 0.5) is 0 Å². The summed E-state index contributed by atoms with van der Waals surface area (Å²) in [5, 5.41) is 0. The Morgan fingerprint density at radius 1 is 1.39 bits per heavy atom. The fourth-order valence-electron chi connectivity index (χ4n) is 2.30. The Labute approximate surface area is 109 Å². The maximum absolute atomic E-state index is 12.0. The number of rotatable bonds is 5. The lowest BCUT2D eigenvalue weighted by atomic mass is 10.1. The van der Waals surface area contributed by atoms with Gasteiger partial charge in [0.2, 0.25) is 5.91 Å². The minimum Gasteiger partial charge on any atom is -0.381 e. The first-order valence-corrected chi connectivity index (χ1v) is 6.61. The van der Waals surface area contributed by atoms with E-state index in [1.54, 1.807) is 0 Å². The van der Waals surface area contributed by atoms with Gasteiger partial charge in [-0.1, -0.05) is 30.3 Å². The molecule has 0 aromatic heterocycles. The second kappa shape index (κ2) is 6.55. The molecule has 1 saturated heterocycles. The standard InChI is InChI=1S/C15H21NO2/c1-16(11-14-9-10-18-12-14)15(17)8-7-13-5-3-2-4-6-13/h2-6,14H,7-12H2,1H3. The Bertz CT molecular complexity index is 371. The SMILES string of the molecule is CN(CC1CCOC1)C(=O)CCc1ccccc1. The van der Waals surface area contributed by atoms with Crippen LogP contribution in [0.2, 0.25) is 0 Å². The van der Waals surface area contributed by atoms with Crippen molar-refractivity contribution in [1.29, 1.82) is 0 Å². The molecule has 0 saturated carbocycles. The van der Waals surface area contributed by atoms with Crippen LogP contribution in [0.25, 0.3) is 0 Å². The van der Waals surface area contributed by atoms with Crippen molar-refractivity contribution in [1.82, 2.24) is 4.90 Å². The monoisotopic (exact) mass is 247 g/mol. The number of nitrogens with zero attached hydrogens (tertiary/aromatic N) is 1. The van der Waals surface area contributed by atoms with E-state index < -0.39 is 0 Å². The Morgan fingerprint density at radius 2 is 2.17 bits per heavy atom. The maximum atomic E-state index is 12.0. The van der Waals surface area contributed by atoms with Crippen LogP contribution in [-0.4, -0.2) is 37.6 Å². The zero-order chi connectivity index (χ0) is 12.8. The van der Waals surface area contributed by atoms with Gasteiger partial charge in [-0.05, 0) is 18.4 Å². The first-order valence-electron chi connectivity index (χ1n) is 6.61. The molecule has 1 atom stereocenters. The van der Waals surface area contributed by atoms with Gasteiger partial charge < -0.3 is 9.64 Å². The average Bonchev–Trinajstić information content (AvgIpc) is 2.90. The lowest BCUT2D eigenvalue weighted by Crippen LogP contribution is -2.32. The lowest BCUT2D eigenvalue weighted by Gasteiger charge is -2.20. The Hall–Kier alpha value is -1.35. The zero-order valence-corrected chi connectivity index (χ0v) is 11.0. The minimum absolute atomic E-state index is 0.228. The van der Waals surface area contributed by atoms with Gasteiger partial charge >= 0.3 is 0 Å². The molecule has 1 aromatic rings. The summed E-state index contributed by atoms with van der Waals surface area (Å²) in [6.45, 7) is 2.47. The van der Waals surface area contributed by atoms with Crippen LogP contribution >= 0.6 is 0 Å². The van der Waals surface area contributed by atoms with Crippen LogP contribution in [0, 0.1) is 5.92 Å². The van der Waals surface area contributed by atoms with Crippen molar-refractivity contribution in [2.75, 3.05) is 26.8 Å². The number of carbonyl (C=O) groups is 1. The highest BCUT2D eigenvalue weighted by atomic mass is 16.5. The average molecular weight is 247 g/mol. The van der Waals surface area contributed by atoms with Gasteiger partial charge in [0.25, 0.3) is 0 Å². The number of hydrogen-bond donors (Lipinski definition) is 0. The third-order valence-electron chi connectivity index (χ3n) is 3.45. The molecule has 0 spiro atoms. The van der Waals surface area contributed by atoms with Crippen LogP contribution in [-0.2, 0) is 16.0 Å². The van der Waals surface area contributed by atoms with E-state index in [0.29, 0.717) is 12.3 Å². The summed E-state index contributed by atoms with van der Waals surface area (Å²) < 4.78 is 5.33. The molecule has 1 aliphatic rings. The number of carbonyl (C=O) groups excluding carboxylic acids is 1. The van der Waals surface area contributed by atoms with Crippen LogP contribution in [0.3, 0.4) is 0 Å². The summed E-state index contributed by atoms with van der Waals surface area (Å²) in [7, 11) is 1.89. The summed E-state index contributed by atoms with van der Waals surface area (Å²) in [5.41, 5.74) is 1.23. The highest BCUT2D eigenvalue weighted by Crippen LogP contribution is 2.14. The molecule has 1 amide bonds. The van der Waals surface area contributed by atoms with E-state index in [-0.39, 0.29) is 5.91 Å². The van der Waals surface area contributed by atoms with Crippen molar-refractivity contribution in [2.24, 2.45) is 5.92 Å². The molecule has 2 rings (SSSR count). The van der Waals surface area contributed by atoms with Crippen molar-refractivity contribution in [3.05, 3.63) is 35.9 Å². The minimum atomic E-state index is 0.228. The van der Waals surface area contributed by atoms with Gasteiger partial charge in [-0.3, -0.25) is 4.79 Å². The van der Waals surface area contributed by atoms with E-state index in [2.05, 4.69) is 12.1 Å². The second-order valence-corrected chi connectivity index (χ2v) is 4.99. The first-order chi connectivity index (χ1) is 8.75. The van der Waals surface area contributed by atoms with Gasteiger partial charge in [0.15, 0.2) is 0 Å². The van der Waals surface area contributed by atoms with Gasteiger partial charge in [-0.2, -0.15) is 0 Å². The summed E-state index contributed by atoms with van der Waals surface area (Å²) in [5.74, 6) is 0.751. The molecule has 1 unspecified atom stereocenters. The fourth-order valence-corrected chi connectivity index (χ4v) is 2.30. The molecule has 0 radical (unpaired) electrons. The van der Waals surface area contributed by atoms with E-state index in [1.165, 1.54) is 5.56 Å². The molecule has 1 aliphatic heterocycles. The van der Waals surface area contributed by atoms with Gasteiger partial charge in [-0.15, -0.1) is 0 Å². The van der Waals surface area contributed by atoms with Crippen molar-refractivity contribution < 1.29 is 9.53 Å². The quantitative estimate of drug-likeness (QED) is 0.797. The topological polar surface area (TPSA) is 29.5 Å². The molecule has 1 fully saturated rings. The maximum Gasteiger partial charge on any atom is 0.222 e. The molecule has 0 N–H and O–H groups in total. The summed E-state index contributed by atoms with van der Waals surface area (Å²) in [6.07, 6.45) is 2.50. The van der Waals surface area contributed by atoms with Gasteiger partial charge in [0, 0.05) is 32.5 Å². The number of aryl methyl sites for hydroxylation is 1. The number of hydrogen-bond acceptors (Lipinski definition) is 2. The molecule has 3 heteroatoms. The van der Waals surface area contributed by atoms with E-state index in [9.17, 15) is 4.79 Å². The normalized spacial score (nSPS) is 18.8.